The Morgan fingerprint density at radius 3 is 2.45 bits per heavy atom. The van der Waals surface area contributed by atoms with Crippen molar-refractivity contribution < 1.29 is 4.92 Å². The first-order valence-electron chi connectivity index (χ1n) is 6.17. The Hall–Kier alpha value is -1.86. The number of nitrogens with zero attached hydrogens (tertiary/aromatic N) is 3. The van der Waals surface area contributed by atoms with Crippen molar-refractivity contribution >= 4 is 17.0 Å². The number of rotatable bonds is 4. The van der Waals surface area contributed by atoms with E-state index in [0.717, 1.165) is 15.6 Å². The van der Waals surface area contributed by atoms with Crippen LogP contribution in [0.2, 0.25) is 0 Å². The number of hydrogen-bond donors (Lipinski definition) is 1. The zero-order valence-electron chi connectivity index (χ0n) is 11.6. The number of nitrogens with one attached hydrogen (secondary N) is 1. The van der Waals surface area contributed by atoms with Crippen LogP contribution in [-0.4, -0.2) is 20.7 Å². The van der Waals surface area contributed by atoms with E-state index in [9.17, 15) is 10.1 Å². The lowest BCUT2D eigenvalue weighted by molar-refractivity contribution is -0.384. The fourth-order valence-electron chi connectivity index (χ4n) is 1.51. The van der Waals surface area contributed by atoms with Crippen LogP contribution >= 0.6 is 11.3 Å². The van der Waals surface area contributed by atoms with E-state index in [-0.39, 0.29) is 11.2 Å². The van der Waals surface area contributed by atoms with Gasteiger partial charge >= 0.3 is 0 Å². The standard InChI is InChI=1S/C13H16N4O2S/c1-13(2,3)14-8-11-15-16-12(20-11)9-4-6-10(7-5-9)17(18)19/h4-7,14H,8H2,1-3H3. The maximum atomic E-state index is 10.6. The van der Waals surface area contributed by atoms with Gasteiger partial charge in [-0.1, -0.05) is 11.3 Å². The molecule has 1 N–H and O–H groups in total. The Bertz CT molecular complexity index is 602. The summed E-state index contributed by atoms with van der Waals surface area (Å²) >= 11 is 1.49. The van der Waals surface area contributed by atoms with E-state index in [2.05, 4.69) is 36.3 Å². The van der Waals surface area contributed by atoms with Crippen molar-refractivity contribution in [2.45, 2.75) is 32.9 Å². The molecule has 7 heteroatoms. The molecular weight excluding hydrogens is 276 g/mol. The first-order chi connectivity index (χ1) is 9.35. The van der Waals surface area contributed by atoms with Gasteiger partial charge in [-0.15, -0.1) is 10.2 Å². The van der Waals surface area contributed by atoms with E-state index in [1.165, 1.54) is 23.5 Å². The summed E-state index contributed by atoms with van der Waals surface area (Å²) in [6, 6.07) is 6.34. The Balaban J connectivity index is 2.10. The van der Waals surface area contributed by atoms with Gasteiger partial charge in [-0.2, -0.15) is 0 Å². The maximum absolute atomic E-state index is 10.6. The first kappa shape index (κ1) is 14.5. The molecule has 6 nitrogen and oxygen atoms in total. The van der Waals surface area contributed by atoms with Crippen LogP contribution in [0.15, 0.2) is 24.3 Å². The molecule has 0 unspecified atom stereocenters. The Labute approximate surface area is 121 Å². The van der Waals surface area contributed by atoms with E-state index in [0.29, 0.717) is 6.54 Å². The van der Waals surface area contributed by atoms with E-state index in [1.807, 2.05) is 0 Å². The fourth-order valence-corrected chi connectivity index (χ4v) is 2.29. The van der Waals surface area contributed by atoms with Crippen LogP contribution in [0.4, 0.5) is 5.69 Å². The summed E-state index contributed by atoms with van der Waals surface area (Å²) < 4.78 is 0. The second-order valence-corrected chi connectivity index (χ2v) is 6.47. The molecule has 0 atom stereocenters. The fraction of sp³-hybridized carbons (Fsp3) is 0.385. The molecule has 0 bridgehead atoms. The average Bonchev–Trinajstić information content (AvgIpc) is 2.84. The minimum Gasteiger partial charge on any atom is -0.306 e. The molecular formula is C13H16N4O2S. The second-order valence-electron chi connectivity index (χ2n) is 5.41. The van der Waals surface area contributed by atoms with Crippen molar-refractivity contribution in [2.24, 2.45) is 0 Å². The lowest BCUT2D eigenvalue weighted by Gasteiger charge is -2.19. The minimum absolute atomic E-state index is 0.0270. The average molecular weight is 292 g/mol. The third kappa shape index (κ3) is 3.82. The molecule has 2 rings (SSSR count). The van der Waals surface area contributed by atoms with Gasteiger partial charge in [0.15, 0.2) is 0 Å². The van der Waals surface area contributed by atoms with E-state index < -0.39 is 4.92 Å². The van der Waals surface area contributed by atoms with Crippen molar-refractivity contribution in [3.05, 3.63) is 39.4 Å². The highest BCUT2D eigenvalue weighted by atomic mass is 32.1. The van der Waals surface area contributed by atoms with Crippen LogP contribution in [0.3, 0.4) is 0 Å². The van der Waals surface area contributed by atoms with Crippen molar-refractivity contribution in [1.82, 2.24) is 15.5 Å². The topological polar surface area (TPSA) is 81.0 Å². The molecule has 0 saturated carbocycles. The lowest BCUT2D eigenvalue weighted by Crippen LogP contribution is -2.35. The molecule has 1 aromatic carbocycles. The van der Waals surface area contributed by atoms with E-state index in [1.54, 1.807) is 12.1 Å². The Kier molecular flexibility index (Phi) is 4.10. The number of benzene rings is 1. The van der Waals surface area contributed by atoms with Crippen LogP contribution in [0.25, 0.3) is 10.6 Å². The highest BCUT2D eigenvalue weighted by Crippen LogP contribution is 2.25. The monoisotopic (exact) mass is 292 g/mol. The van der Waals surface area contributed by atoms with Crippen LogP contribution in [0.1, 0.15) is 25.8 Å². The van der Waals surface area contributed by atoms with Gasteiger partial charge in [-0.05, 0) is 32.9 Å². The molecule has 20 heavy (non-hydrogen) atoms. The minimum atomic E-state index is -0.414. The van der Waals surface area contributed by atoms with Crippen LogP contribution in [0.5, 0.6) is 0 Å². The van der Waals surface area contributed by atoms with Gasteiger partial charge in [0.2, 0.25) is 0 Å². The predicted molar refractivity (Wildman–Crippen MR) is 78.6 cm³/mol. The van der Waals surface area contributed by atoms with Gasteiger partial charge in [0, 0.05) is 23.2 Å². The van der Waals surface area contributed by atoms with E-state index >= 15 is 0 Å². The molecule has 0 fully saturated rings. The summed E-state index contributed by atoms with van der Waals surface area (Å²) in [5.74, 6) is 0. The molecule has 0 saturated heterocycles. The highest BCUT2D eigenvalue weighted by molar-refractivity contribution is 7.14. The number of nitro benzene ring substituents is 1. The van der Waals surface area contributed by atoms with Crippen molar-refractivity contribution in [3.8, 4) is 10.6 Å². The smallest absolute Gasteiger partial charge is 0.269 e. The summed E-state index contributed by atoms with van der Waals surface area (Å²) in [6.07, 6.45) is 0. The Morgan fingerprint density at radius 1 is 1.25 bits per heavy atom. The van der Waals surface area contributed by atoms with Gasteiger partial charge in [-0.25, -0.2) is 0 Å². The number of hydrogen-bond acceptors (Lipinski definition) is 6. The number of non-ortho nitro benzene ring substituents is 1. The molecule has 0 amide bonds. The molecule has 2 aromatic rings. The molecule has 106 valence electrons. The molecule has 0 radical (unpaired) electrons. The summed E-state index contributed by atoms with van der Waals surface area (Å²) in [4.78, 5) is 10.2. The van der Waals surface area contributed by atoms with Gasteiger partial charge in [-0.3, -0.25) is 10.1 Å². The summed E-state index contributed by atoms with van der Waals surface area (Å²) in [6.45, 7) is 6.93. The zero-order valence-corrected chi connectivity index (χ0v) is 12.4. The number of nitro groups is 1. The number of aromatic nitrogens is 2. The van der Waals surface area contributed by atoms with Gasteiger partial charge in [0.25, 0.3) is 5.69 Å². The lowest BCUT2D eigenvalue weighted by atomic mass is 10.1. The molecule has 1 heterocycles. The second kappa shape index (κ2) is 5.64. The third-order valence-electron chi connectivity index (χ3n) is 2.56. The molecule has 0 aliphatic heterocycles. The van der Waals surface area contributed by atoms with Crippen molar-refractivity contribution in [2.75, 3.05) is 0 Å². The molecule has 0 aliphatic rings. The SMILES string of the molecule is CC(C)(C)NCc1nnc(-c2ccc([N+](=O)[O-])cc2)s1. The maximum Gasteiger partial charge on any atom is 0.269 e. The molecule has 0 spiro atoms. The van der Waals surface area contributed by atoms with Gasteiger partial charge < -0.3 is 5.32 Å². The van der Waals surface area contributed by atoms with Gasteiger partial charge in [0.1, 0.15) is 10.0 Å². The van der Waals surface area contributed by atoms with Crippen LogP contribution in [0, 0.1) is 10.1 Å². The molecule has 1 aromatic heterocycles. The highest BCUT2D eigenvalue weighted by Gasteiger charge is 2.12. The quantitative estimate of drug-likeness (QED) is 0.692. The first-order valence-corrected chi connectivity index (χ1v) is 6.99. The predicted octanol–water partition coefficient (Wildman–Crippen LogP) is 3.00. The summed E-state index contributed by atoms with van der Waals surface area (Å²) in [5.41, 5.74) is 0.946. The van der Waals surface area contributed by atoms with Crippen LogP contribution < -0.4 is 5.32 Å². The van der Waals surface area contributed by atoms with E-state index in [4.69, 9.17) is 0 Å². The normalized spacial score (nSPS) is 11.6. The molecule has 0 aliphatic carbocycles. The largest absolute Gasteiger partial charge is 0.306 e. The van der Waals surface area contributed by atoms with Crippen molar-refractivity contribution in [1.29, 1.82) is 0 Å². The zero-order chi connectivity index (χ0) is 14.8. The Morgan fingerprint density at radius 2 is 1.90 bits per heavy atom. The van der Waals surface area contributed by atoms with Crippen molar-refractivity contribution in [3.63, 3.8) is 0 Å². The summed E-state index contributed by atoms with van der Waals surface area (Å²) in [7, 11) is 0. The summed E-state index contributed by atoms with van der Waals surface area (Å²) in [5, 5.41) is 23.9. The van der Waals surface area contributed by atoms with Crippen LogP contribution in [-0.2, 0) is 6.54 Å². The third-order valence-corrected chi connectivity index (χ3v) is 3.53. The van der Waals surface area contributed by atoms with Gasteiger partial charge in [0.05, 0.1) is 11.5 Å².